The summed E-state index contributed by atoms with van der Waals surface area (Å²) in [5.74, 6) is 0.913. The second-order valence-corrected chi connectivity index (χ2v) is 6.05. The minimum absolute atomic E-state index is 0.554. The zero-order valence-corrected chi connectivity index (χ0v) is 12.9. The van der Waals surface area contributed by atoms with E-state index in [0.29, 0.717) is 12.6 Å². The van der Waals surface area contributed by atoms with Crippen LogP contribution in [0.25, 0.3) is 0 Å². The third-order valence-electron chi connectivity index (χ3n) is 3.65. The maximum Gasteiger partial charge on any atom is 0.120 e. The minimum atomic E-state index is 0.554. The summed E-state index contributed by atoms with van der Waals surface area (Å²) in [4.78, 5) is 0. The van der Waals surface area contributed by atoms with Crippen LogP contribution in [-0.2, 0) is 12.8 Å². The number of hydrogen-bond acceptors (Lipinski definition) is 2. The number of nitrogens with one attached hydrogen (secondary N) is 1. The third kappa shape index (κ3) is 3.41. The van der Waals surface area contributed by atoms with Crippen molar-refractivity contribution in [2.45, 2.75) is 18.9 Å². The van der Waals surface area contributed by atoms with Gasteiger partial charge in [0.15, 0.2) is 0 Å². The van der Waals surface area contributed by atoms with Gasteiger partial charge in [-0.15, -0.1) is 0 Å². The van der Waals surface area contributed by atoms with Crippen LogP contribution < -0.4 is 10.1 Å². The van der Waals surface area contributed by atoms with Crippen LogP contribution in [0.4, 0.5) is 0 Å². The molecule has 0 unspecified atom stereocenters. The van der Waals surface area contributed by atoms with Gasteiger partial charge in [0.05, 0.1) is 0 Å². The summed E-state index contributed by atoms with van der Waals surface area (Å²) in [6, 6.07) is 17.2. The van der Waals surface area contributed by atoms with Gasteiger partial charge < -0.3 is 10.1 Å². The topological polar surface area (TPSA) is 21.3 Å². The first kappa shape index (κ1) is 13.7. The van der Waals surface area contributed by atoms with E-state index in [1.54, 1.807) is 0 Å². The van der Waals surface area contributed by atoms with Crippen LogP contribution in [0.3, 0.4) is 0 Å². The fraction of sp³-hybridized carbons (Fsp3) is 0.294. The highest BCUT2D eigenvalue weighted by atomic mass is 79.9. The van der Waals surface area contributed by atoms with Crippen molar-refractivity contribution >= 4 is 15.9 Å². The van der Waals surface area contributed by atoms with E-state index in [0.717, 1.165) is 29.6 Å². The van der Waals surface area contributed by atoms with E-state index in [-0.39, 0.29) is 0 Å². The Morgan fingerprint density at radius 1 is 1.05 bits per heavy atom. The fourth-order valence-corrected chi connectivity index (χ4v) is 3.07. The molecule has 1 aliphatic rings. The largest absolute Gasteiger partial charge is 0.492 e. The van der Waals surface area contributed by atoms with Crippen molar-refractivity contribution < 1.29 is 4.74 Å². The monoisotopic (exact) mass is 331 g/mol. The molecular weight excluding hydrogens is 314 g/mol. The van der Waals surface area contributed by atoms with Crippen LogP contribution in [0.2, 0.25) is 0 Å². The highest BCUT2D eigenvalue weighted by molar-refractivity contribution is 9.10. The first-order valence-electron chi connectivity index (χ1n) is 7.00. The maximum absolute atomic E-state index is 5.73. The van der Waals surface area contributed by atoms with Gasteiger partial charge >= 0.3 is 0 Å². The van der Waals surface area contributed by atoms with E-state index in [1.165, 1.54) is 11.1 Å². The molecule has 2 aromatic carbocycles. The Hall–Kier alpha value is -1.32. The number of fused-ring (bicyclic) bond motifs is 1. The molecule has 0 saturated carbocycles. The Morgan fingerprint density at radius 2 is 1.80 bits per heavy atom. The molecule has 3 rings (SSSR count). The van der Waals surface area contributed by atoms with Gasteiger partial charge in [-0.25, -0.2) is 0 Å². The van der Waals surface area contributed by atoms with Crippen molar-refractivity contribution in [3.05, 3.63) is 64.1 Å². The van der Waals surface area contributed by atoms with Crippen molar-refractivity contribution in [1.82, 2.24) is 5.32 Å². The van der Waals surface area contributed by atoms with Crippen molar-refractivity contribution in [3.8, 4) is 5.75 Å². The second kappa shape index (κ2) is 6.42. The first-order valence-corrected chi connectivity index (χ1v) is 7.79. The molecule has 0 spiro atoms. The molecule has 0 atom stereocenters. The van der Waals surface area contributed by atoms with Crippen molar-refractivity contribution in [2.75, 3.05) is 13.2 Å². The predicted octanol–water partition coefficient (Wildman–Crippen LogP) is 3.58. The molecular formula is C17H18BrNO. The molecule has 3 heteroatoms. The van der Waals surface area contributed by atoms with Crippen molar-refractivity contribution in [1.29, 1.82) is 0 Å². The fourth-order valence-electron chi connectivity index (χ4n) is 2.69. The average Bonchev–Trinajstić information content (AvgIpc) is 2.86. The van der Waals surface area contributed by atoms with Gasteiger partial charge in [0, 0.05) is 17.1 Å². The number of ether oxygens (including phenoxy) is 1. The lowest BCUT2D eigenvalue weighted by atomic mass is 10.1. The smallest absolute Gasteiger partial charge is 0.120 e. The maximum atomic E-state index is 5.73. The van der Waals surface area contributed by atoms with Crippen LogP contribution in [0, 0.1) is 0 Å². The summed E-state index contributed by atoms with van der Waals surface area (Å²) in [5.41, 5.74) is 2.97. The lowest BCUT2D eigenvalue weighted by Gasteiger charge is -2.12. The Kier molecular flexibility index (Phi) is 4.38. The second-order valence-electron chi connectivity index (χ2n) is 5.13. The van der Waals surface area contributed by atoms with Gasteiger partial charge in [-0.3, -0.25) is 0 Å². The normalized spacial score (nSPS) is 14.2. The van der Waals surface area contributed by atoms with Crippen LogP contribution in [-0.4, -0.2) is 19.2 Å². The average molecular weight is 332 g/mol. The molecule has 2 aromatic rings. The van der Waals surface area contributed by atoms with E-state index in [4.69, 9.17) is 4.74 Å². The Morgan fingerprint density at radius 3 is 2.50 bits per heavy atom. The van der Waals surface area contributed by atoms with Gasteiger partial charge in [-0.2, -0.15) is 0 Å². The molecule has 0 radical (unpaired) electrons. The van der Waals surface area contributed by atoms with Crippen molar-refractivity contribution in [2.24, 2.45) is 0 Å². The molecule has 1 N–H and O–H groups in total. The summed E-state index contributed by atoms with van der Waals surface area (Å²) in [7, 11) is 0. The number of hydrogen-bond donors (Lipinski definition) is 1. The van der Waals surface area contributed by atoms with E-state index in [2.05, 4.69) is 45.5 Å². The zero-order chi connectivity index (χ0) is 13.8. The highest BCUT2D eigenvalue weighted by Crippen LogP contribution is 2.21. The molecule has 0 bridgehead atoms. The van der Waals surface area contributed by atoms with Crippen LogP contribution in [0.5, 0.6) is 5.75 Å². The SMILES string of the molecule is Brc1cccc(OCCNC2Cc3ccccc3C2)c1. The molecule has 0 heterocycles. The number of benzene rings is 2. The predicted molar refractivity (Wildman–Crippen MR) is 85.3 cm³/mol. The van der Waals surface area contributed by atoms with E-state index >= 15 is 0 Å². The standard InChI is InChI=1S/C17H18BrNO/c18-15-6-3-7-17(12-15)20-9-8-19-16-10-13-4-1-2-5-14(13)11-16/h1-7,12,16,19H,8-11H2. The Bertz CT molecular complexity index is 560. The molecule has 0 aliphatic heterocycles. The lowest BCUT2D eigenvalue weighted by molar-refractivity contribution is 0.305. The summed E-state index contributed by atoms with van der Waals surface area (Å²) in [5, 5.41) is 3.58. The van der Waals surface area contributed by atoms with E-state index < -0.39 is 0 Å². The molecule has 1 aliphatic carbocycles. The number of rotatable bonds is 5. The number of halogens is 1. The molecule has 0 aromatic heterocycles. The summed E-state index contributed by atoms with van der Waals surface area (Å²) in [6.07, 6.45) is 2.26. The molecule has 2 nitrogen and oxygen atoms in total. The van der Waals surface area contributed by atoms with Gasteiger partial charge in [0.25, 0.3) is 0 Å². The molecule has 0 fully saturated rings. The van der Waals surface area contributed by atoms with Crippen LogP contribution in [0.1, 0.15) is 11.1 Å². The molecule has 20 heavy (non-hydrogen) atoms. The zero-order valence-electron chi connectivity index (χ0n) is 11.3. The van der Waals surface area contributed by atoms with Gasteiger partial charge in [-0.05, 0) is 42.2 Å². The minimum Gasteiger partial charge on any atom is -0.492 e. The first-order chi connectivity index (χ1) is 9.81. The van der Waals surface area contributed by atoms with E-state index in [1.807, 2.05) is 24.3 Å². The Labute approximate surface area is 128 Å². The highest BCUT2D eigenvalue weighted by Gasteiger charge is 2.19. The summed E-state index contributed by atoms with van der Waals surface area (Å²) in [6.45, 7) is 1.58. The third-order valence-corrected chi connectivity index (χ3v) is 4.14. The Balaban J connectivity index is 1.41. The van der Waals surface area contributed by atoms with Crippen LogP contribution in [0.15, 0.2) is 53.0 Å². The van der Waals surface area contributed by atoms with Gasteiger partial charge in [-0.1, -0.05) is 46.3 Å². The van der Waals surface area contributed by atoms with E-state index in [9.17, 15) is 0 Å². The van der Waals surface area contributed by atoms with Crippen LogP contribution >= 0.6 is 15.9 Å². The summed E-state index contributed by atoms with van der Waals surface area (Å²) < 4.78 is 6.78. The van der Waals surface area contributed by atoms with Gasteiger partial charge in [0.1, 0.15) is 12.4 Å². The summed E-state index contributed by atoms with van der Waals surface area (Å²) >= 11 is 3.45. The quantitative estimate of drug-likeness (QED) is 0.845. The molecule has 104 valence electrons. The van der Waals surface area contributed by atoms with Crippen molar-refractivity contribution in [3.63, 3.8) is 0 Å². The molecule has 0 saturated heterocycles. The lowest BCUT2D eigenvalue weighted by Crippen LogP contribution is -2.33. The molecule has 0 amide bonds. The van der Waals surface area contributed by atoms with Gasteiger partial charge in [0.2, 0.25) is 0 Å².